The Balaban J connectivity index is 1.11. The molecule has 0 spiro atoms. The van der Waals surface area contributed by atoms with Crippen molar-refractivity contribution in [2.24, 2.45) is 0 Å². The first-order valence-corrected chi connectivity index (χ1v) is 17.5. The summed E-state index contributed by atoms with van der Waals surface area (Å²) < 4.78 is 4.73. The van der Waals surface area contributed by atoms with Gasteiger partial charge in [0.25, 0.3) is 0 Å². The molecule has 51 heavy (non-hydrogen) atoms. The minimum absolute atomic E-state index is 0.845. The van der Waals surface area contributed by atoms with Crippen LogP contribution in [-0.2, 0) is 6.42 Å². The van der Waals surface area contributed by atoms with Crippen LogP contribution in [0.15, 0.2) is 193 Å². The molecule has 0 aliphatic heterocycles. The molecule has 0 amide bonds. The predicted molar refractivity (Wildman–Crippen MR) is 214 cm³/mol. The molecule has 2 nitrogen and oxygen atoms in total. The summed E-state index contributed by atoms with van der Waals surface area (Å²) in [4.78, 5) is 0. The fraction of sp³-hybridized carbons (Fsp3) is 0.0204. The van der Waals surface area contributed by atoms with E-state index >= 15 is 0 Å². The van der Waals surface area contributed by atoms with Crippen LogP contribution in [0.3, 0.4) is 0 Å². The van der Waals surface area contributed by atoms with Gasteiger partial charge in [0.2, 0.25) is 0 Å². The average Bonchev–Trinajstić information content (AvgIpc) is 3.71. The van der Waals surface area contributed by atoms with E-state index in [4.69, 9.17) is 0 Å². The zero-order valence-electron chi connectivity index (χ0n) is 27.9. The van der Waals surface area contributed by atoms with E-state index in [1.54, 1.807) is 0 Å². The molecule has 0 saturated carbocycles. The lowest BCUT2D eigenvalue weighted by molar-refractivity contribution is 1.17. The van der Waals surface area contributed by atoms with Crippen molar-refractivity contribution >= 4 is 49.3 Å². The van der Waals surface area contributed by atoms with Crippen molar-refractivity contribution in [3.05, 3.63) is 205 Å². The van der Waals surface area contributed by atoms with Gasteiger partial charge in [-0.25, -0.2) is 0 Å². The van der Waals surface area contributed by atoms with E-state index in [9.17, 15) is 0 Å². The molecule has 2 aromatic heterocycles. The van der Waals surface area contributed by atoms with Crippen LogP contribution in [0.2, 0.25) is 0 Å². The molecule has 2 heterocycles. The molecule has 2 heteroatoms. The number of aromatic nitrogens is 2. The summed E-state index contributed by atoms with van der Waals surface area (Å²) in [6.45, 7) is 0. The second-order valence-electron chi connectivity index (χ2n) is 13.3. The van der Waals surface area contributed by atoms with Gasteiger partial charge in [0, 0.05) is 27.2 Å². The van der Waals surface area contributed by atoms with Crippen molar-refractivity contribution in [3.8, 4) is 27.9 Å². The number of hydrogen-bond acceptors (Lipinski definition) is 0. The second-order valence-corrected chi connectivity index (χ2v) is 13.3. The molecule has 10 rings (SSSR count). The van der Waals surface area contributed by atoms with Crippen LogP contribution in [0.25, 0.3) is 77.2 Å². The maximum atomic E-state index is 3.31. The van der Waals surface area contributed by atoms with E-state index < -0.39 is 0 Å². The van der Waals surface area contributed by atoms with Crippen LogP contribution in [-0.4, -0.2) is 9.13 Å². The Morgan fingerprint density at radius 2 is 0.922 bits per heavy atom. The topological polar surface area (TPSA) is 9.86 Å². The molecular weight excluding hydrogens is 617 g/mol. The van der Waals surface area contributed by atoms with Crippen LogP contribution < -0.4 is 0 Å². The molecule has 0 fully saturated rings. The first kappa shape index (κ1) is 29.1. The van der Waals surface area contributed by atoms with Crippen molar-refractivity contribution in [1.29, 1.82) is 0 Å². The zero-order valence-corrected chi connectivity index (χ0v) is 27.9. The Morgan fingerprint density at radius 3 is 1.49 bits per heavy atom. The number of benzene rings is 7. The monoisotopic (exact) mass is 648 g/mol. The van der Waals surface area contributed by atoms with Gasteiger partial charge in [-0.05, 0) is 112 Å². The van der Waals surface area contributed by atoms with Crippen molar-refractivity contribution in [3.63, 3.8) is 0 Å². The van der Waals surface area contributed by atoms with Gasteiger partial charge in [-0.1, -0.05) is 121 Å². The molecule has 1 aliphatic rings. The fourth-order valence-electron chi connectivity index (χ4n) is 7.84. The largest absolute Gasteiger partial charge is 0.309 e. The summed E-state index contributed by atoms with van der Waals surface area (Å²) in [6, 6.07) is 59.7. The number of fused-ring (bicyclic) bond motifs is 6. The number of allylic oxidation sites excluding steroid dienone is 4. The predicted octanol–water partition coefficient (Wildman–Crippen LogP) is 12.5. The van der Waals surface area contributed by atoms with Gasteiger partial charge in [0.15, 0.2) is 0 Å². The van der Waals surface area contributed by atoms with E-state index in [1.165, 1.54) is 77.0 Å². The average molecular weight is 649 g/mol. The van der Waals surface area contributed by atoms with Crippen molar-refractivity contribution < 1.29 is 0 Å². The van der Waals surface area contributed by atoms with Crippen LogP contribution in [0.1, 0.15) is 11.1 Å². The number of nitrogens with zero attached hydrogens (tertiary/aromatic N) is 2. The highest BCUT2D eigenvalue weighted by atomic mass is 15.0. The standard InChI is InChI=1S/C49H32N2/c1-4-14-36(15-5-1)38-31-39(37-16-6-2-7-17-37)33-41(32-38)51-47-23-13-11-21-43(47)45-30-35(25-27-49(45)51)28-34-24-26-48-44(29-34)42-20-10-12-22-46(42)50(48)40-18-8-3-9-19-40/h1-8,10-18,20-27,29-33H,28H2. The SMILES string of the molecule is C1=C=C(n2c3ccccc3c3cc(Cc4ccc5c(c4)c4ccccc4n5-c4cc(-c5ccccc5)cc(-c5ccccc5)c4)ccc32)C=CC=1. The third kappa shape index (κ3) is 4.99. The van der Waals surface area contributed by atoms with Crippen LogP contribution in [0.5, 0.6) is 0 Å². The summed E-state index contributed by atoms with van der Waals surface area (Å²) in [5, 5.41) is 5.03. The molecule has 1 aliphatic carbocycles. The highest BCUT2D eigenvalue weighted by molar-refractivity contribution is 6.11. The second kappa shape index (κ2) is 11.9. The fourth-order valence-corrected chi connectivity index (χ4v) is 7.84. The Kier molecular flexibility index (Phi) is 6.82. The van der Waals surface area contributed by atoms with Crippen molar-refractivity contribution in [1.82, 2.24) is 9.13 Å². The van der Waals surface area contributed by atoms with Gasteiger partial charge < -0.3 is 9.13 Å². The summed E-state index contributed by atoms with van der Waals surface area (Å²) >= 11 is 0. The third-order valence-electron chi connectivity index (χ3n) is 10.1. The summed E-state index contributed by atoms with van der Waals surface area (Å²) in [7, 11) is 0. The maximum Gasteiger partial charge on any atom is 0.0973 e. The van der Waals surface area contributed by atoms with E-state index in [0.29, 0.717) is 0 Å². The number of rotatable bonds is 6. The van der Waals surface area contributed by atoms with Gasteiger partial charge in [0.1, 0.15) is 0 Å². The summed E-state index contributed by atoms with van der Waals surface area (Å²) in [6.07, 6.45) is 6.86. The highest BCUT2D eigenvalue weighted by Gasteiger charge is 2.17. The summed E-state index contributed by atoms with van der Waals surface area (Å²) in [5.74, 6) is 0. The van der Waals surface area contributed by atoms with Crippen LogP contribution in [0, 0.1) is 0 Å². The lowest BCUT2D eigenvalue weighted by Gasteiger charge is -2.14. The lowest BCUT2D eigenvalue weighted by Crippen LogP contribution is -1.96. The Morgan fingerprint density at radius 1 is 0.412 bits per heavy atom. The van der Waals surface area contributed by atoms with Gasteiger partial charge in [-0.15, -0.1) is 0 Å². The quantitative estimate of drug-likeness (QED) is 0.159. The maximum absolute atomic E-state index is 3.31. The Labute approximate surface area is 296 Å². The van der Waals surface area contributed by atoms with E-state index in [-0.39, 0.29) is 0 Å². The van der Waals surface area contributed by atoms with Crippen LogP contribution in [0.4, 0.5) is 0 Å². The molecule has 0 N–H and O–H groups in total. The lowest BCUT2D eigenvalue weighted by atomic mass is 9.98. The smallest absolute Gasteiger partial charge is 0.0973 e. The highest BCUT2D eigenvalue weighted by Crippen LogP contribution is 2.38. The molecule has 0 radical (unpaired) electrons. The molecule has 238 valence electrons. The Bertz CT molecular complexity index is 2880. The molecule has 7 aromatic carbocycles. The number of para-hydroxylation sites is 2. The van der Waals surface area contributed by atoms with E-state index in [1.807, 2.05) is 12.2 Å². The van der Waals surface area contributed by atoms with Gasteiger partial charge >= 0.3 is 0 Å². The van der Waals surface area contributed by atoms with Crippen molar-refractivity contribution in [2.75, 3.05) is 0 Å². The molecule has 0 bridgehead atoms. The van der Waals surface area contributed by atoms with E-state index in [2.05, 4.69) is 190 Å². The van der Waals surface area contributed by atoms with Gasteiger partial charge in [0.05, 0.1) is 27.8 Å². The Hall–Kier alpha value is -6.82. The zero-order chi connectivity index (χ0) is 33.7. The van der Waals surface area contributed by atoms with Gasteiger partial charge in [-0.2, -0.15) is 0 Å². The van der Waals surface area contributed by atoms with Crippen LogP contribution >= 0.6 is 0 Å². The number of hydrogen-bond donors (Lipinski definition) is 0. The molecule has 0 unspecified atom stereocenters. The summed E-state index contributed by atoms with van der Waals surface area (Å²) in [5.41, 5.74) is 20.8. The van der Waals surface area contributed by atoms with Gasteiger partial charge in [-0.3, -0.25) is 0 Å². The first-order valence-electron chi connectivity index (χ1n) is 17.5. The minimum atomic E-state index is 0.845. The first-order chi connectivity index (χ1) is 25.3. The minimum Gasteiger partial charge on any atom is -0.309 e. The molecular formula is C49H32N2. The third-order valence-corrected chi connectivity index (χ3v) is 10.1. The molecule has 0 atom stereocenters. The molecule has 9 aromatic rings. The molecule has 0 saturated heterocycles. The normalized spacial score (nSPS) is 12.4. The van der Waals surface area contributed by atoms with Crippen molar-refractivity contribution in [2.45, 2.75) is 6.42 Å². The van der Waals surface area contributed by atoms with E-state index in [0.717, 1.165) is 17.8 Å².